The van der Waals surface area contributed by atoms with Gasteiger partial charge in [0.15, 0.2) is 0 Å². The molecule has 102 valence electrons. The van der Waals surface area contributed by atoms with Gasteiger partial charge in [0.1, 0.15) is 0 Å². The van der Waals surface area contributed by atoms with Crippen LogP contribution in [0.3, 0.4) is 0 Å². The highest BCUT2D eigenvalue weighted by Crippen LogP contribution is 2.21. The first kappa shape index (κ1) is 15.7. The Bertz CT molecular complexity index is 354. The normalized spacial score (nSPS) is 14.8. The predicted octanol–water partition coefficient (Wildman–Crippen LogP) is 3.83. The van der Waals surface area contributed by atoms with Crippen LogP contribution < -0.4 is 5.32 Å². The van der Waals surface area contributed by atoms with Crippen LogP contribution in [0.5, 0.6) is 0 Å². The first-order valence-electron chi connectivity index (χ1n) is 6.71. The van der Waals surface area contributed by atoms with Gasteiger partial charge in [0, 0.05) is 16.6 Å². The van der Waals surface area contributed by atoms with E-state index in [0.29, 0.717) is 12.1 Å². The van der Waals surface area contributed by atoms with Gasteiger partial charge >= 0.3 is 0 Å². The zero-order chi connectivity index (χ0) is 13.5. The first-order chi connectivity index (χ1) is 8.58. The van der Waals surface area contributed by atoms with Crippen molar-refractivity contribution in [2.45, 2.75) is 38.8 Å². The molecule has 0 bridgehead atoms. The smallest absolute Gasteiger partial charge is 0.0330 e. The largest absolute Gasteiger partial charge is 0.313 e. The Morgan fingerprint density at radius 2 is 2.11 bits per heavy atom. The fourth-order valence-electron chi connectivity index (χ4n) is 2.07. The summed E-state index contributed by atoms with van der Waals surface area (Å²) in [5.41, 5.74) is 1.35. The van der Waals surface area contributed by atoms with E-state index in [2.05, 4.69) is 71.3 Å². The van der Waals surface area contributed by atoms with E-state index in [1.807, 2.05) is 7.05 Å². The molecule has 0 fully saturated rings. The second-order valence-corrected chi connectivity index (χ2v) is 5.84. The van der Waals surface area contributed by atoms with Gasteiger partial charge in [-0.1, -0.05) is 35.0 Å². The molecule has 0 saturated heterocycles. The van der Waals surface area contributed by atoms with E-state index < -0.39 is 0 Å². The molecule has 1 N–H and O–H groups in total. The number of halogens is 1. The Kier molecular flexibility index (Phi) is 6.90. The summed E-state index contributed by atoms with van der Waals surface area (Å²) in [4.78, 5) is 2.43. The summed E-state index contributed by atoms with van der Waals surface area (Å²) in [6.07, 6.45) is 2.34. The summed E-state index contributed by atoms with van der Waals surface area (Å²) in [5.74, 6) is 0. The molecule has 0 heterocycles. The summed E-state index contributed by atoms with van der Waals surface area (Å²) in [5, 5.41) is 3.41. The van der Waals surface area contributed by atoms with Crippen LogP contribution in [0.4, 0.5) is 0 Å². The second-order valence-electron chi connectivity index (χ2n) is 4.92. The van der Waals surface area contributed by atoms with Crippen LogP contribution in [-0.2, 0) is 0 Å². The van der Waals surface area contributed by atoms with Crippen molar-refractivity contribution >= 4 is 15.9 Å². The van der Waals surface area contributed by atoms with Crippen molar-refractivity contribution in [1.29, 1.82) is 0 Å². The molecule has 0 spiro atoms. The van der Waals surface area contributed by atoms with Gasteiger partial charge in [-0.15, -0.1) is 0 Å². The van der Waals surface area contributed by atoms with E-state index in [-0.39, 0.29) is 0 Å². The number of hydrogen-bond acceptors (Lipinski definition) is 2. The molecule has 2 atom stereocenters. The molecular formula is C15H25BrN2. The lowest BCUT2D eigenvalue weighted by Crippen LogP contribution is -2.31. The zero-order valence-electron chi connectivity index (χ0n) is 11.9. The highest BCUT2D eigenvalue weighted by atomic mass is 79.9. The van der Waals surface area contributed by atoms with Gasteiger partial charge in [-0.05, 0) is 58.1 Å². The molecule has 3 heteroatoms. The minimum Gasteiger partial charge on any atom is -0.313 e. The van der Waals surface area contributed by atoms with Crippen LogP contribution >= 0.6 is 15.9 Å². The second kappa shape index (κ2) is 7.93. The van der Waals surface area contributed by atoms with E-state index in [4.69, 9.17) is 0 Å². The maximum Gasteiger partial charge on any atom is 0.0330 e. The van der Waals surface area contributed by atoms with Crippen molar-refractivity contribution in [1.82, 2.24) is 10.2 Å². The van der Waals surface area contributed by atoms with E-state index in [1.165, 1.54) is 12.0 Å². The molecule has 18 heavy (non-hydrogen) atoms. The van der Waals surface area contributed by atoms with Gasteiger partial charge in [0.05, 0.1) is 0 Å². The standard InChI is InChI=1S/C15H25BrN2/c1-5-12(2)18(4)10-9-15(17-3)13-7-6-8-14(16)11-13/h6-8,11-12,15,17H,5,9-10H2,1-4H3. The lowest BCUT2D eigenvalue weighted by Gasteiger charge is -2.26. The minimum atomic E-state index is 0.425. The van der Waals surface area contributed by atoms with Crippen molar-refractivity contribution in [2.24, 2.45) is 0 Å². The van der Waals surface area contributed by atoms with E-state index in [1.54, 1.807) is 0 Å². The van der Waals surface area contributed by atoms with Crippen LogP contribution in [0.25, 0.3) is 0 Å². The van der Waals surface area contributed by atoms with E-state index >= 15 is 0 Å². The SMILES string of the molecule is CCC(C)N(C)CCC(NC)c1cccc(Br)c1. The third kappa shape index (κ3) is 4.71. The van der Waals surface area contributed by atoms with Crippen LogP contribution in [0, 0.1) is 0 Å². The number of hydrogen-bond donors (Lipinski definition) is 1. The summed E-state index contributed by atoms with van der Waals surface area (Å²) in [7, 11) is 4.25. The molecule has 0 saturated carbocycles. The van der Waals surface area contributed by atoms with E-state index in [0.717, 1.165) is 17.4 Å². The van der Waals surface area contributed by atoms with Crippen LogP contribution in [0.15, 0.2) is 28.7 Å². The topological polar surface area (TPSA) is 15.3 Å². The quantitative estimate of drug-likeness (QED) is 0.823. The maximum absolute atomic E-state index is 3.54. The Morgan fingerprint density at radius 3 is 2.67 bits per heavy atom. The fourth-order valence-corrected chi connectivity index (χ4v) is 2.48. The van der Waals surface area contributed by atoms with Gasteiger partial charge in [0.2, 0.25) is 0 Å². The van der Waals surface area contributed by atoms with Gasteiger partial charge in [-0.2, -0.15) is 0 Å². The van der Waals surface area contributed by atoms with Gasteiger partial charge in [-0.3, -0.25) is 0 Å². The predicted molar refractivity (Wildman–Crippen MR) is 82.9 cm³/mol. The molecule has 0 aliphatic rings. The molecule has 1 aromatic carbocycles. The summed E-state index contributed by atoms with van der Waals surface area (Å²) >= 11 is 3.54. The van der Waals surface area contributed by atoms with Crippen LogP contribution in [0.2, 0.25) is 0 Å². The summed E-state index contributed by atoms with van der Waals surface area (Å²) < 4.78 is 1.15. The highest BCUT2D eigenvalue weighted by molar-refractivity contribution is 9.10. The Hall–Kier alpha value is -0.380. The van der Waals surface area contributed by atoms with Gasteiger partial charge in [0.25, 0.3) is 0 Å². The molecule has 0 radical (unpaired) electrons. The van der Waals surface area contributed by atoms with Gasteiger partial charge in [-0.25, -0.2) is 0 Å². The molecule has 0 aliphatic heterocycles. The number of nitrogens with zero attached hydrogens (tertiary/aromatic N) is 1. The Balaban J connectivity index is 2.57. The summed E-state index contributed by atoms with van der Waals surface area (Å²) in [6.45, 7) is 5.64. The van der Waals surface area contributed by atoms with Crippen LogP contribution in [0.1, 0.15) is 38.3 Å². The van der Waals surface area contributed by atoms with Crippen molar-refractivity contribution in [2.75, 3.05) is 20.6 Å². The average molecular weight is 313 g/mol. The molecule has 0 aliphatic carbocycles. The van der Waals surface area contributed by atoms with Crippen molar-refractivity contribution in [3.63, 3.8) is 0 Å². The van der Waals surface area contributed by atoms with Crippen molar-refractivity contribution < 1.29 is 0 Å². The van der Waals surface area contributed by atoms with Crippen molar-refractivity contribution in [3.8, 4) is 0 Å². The lowest BCUT2D eigenvalue weighted by atomic mass is 10.0. The number of nitrogens with one attached hydrogen (secondary N) is 1. The minimum absolute atomic E-state index is 0.425. The Morgan fingerprint density at radius 1 is 1.39 bits per heavy atom. The lowest BCUT2D eigenvalue weighted by molar-refractivity contribution is 0.239. The molecule has 2 unspecified atom stereocenters. The highest BCUT2D eigenvalue weighted by Gasteiger charge is 2.12. The third-order valence-electron chi connectivity index (χ3n) is 3.71. The molecule has 0 aromatic heterocycles. The van der Waals surface area contributed by atoms with Gasteiger partial charge < -0.3 is 10.2 Å². The Labute approximate surface area is 120 Å². The molecule has 0 amide bonds. The first-order valence-corrected chi connectivity index (χ1v) is 7.50. The fraction of sp³-hybridized carbons (Fsp3) is 0.600. The van der Waals surface area contributed by atoms with Crippen molar-refractivity contribution in [3.05, 3.63) is 34.3 Å². The average Bonchev–Trinajstić information content (AvgIpc) is 2.38. The third-order valence-corrected chi connectivity index (χ3v) is 4.21. The number of rotatable bonds is 7. The number of benzene rings is 1. The molecule has 1 rings (SSSR count). The molecule has 1 aromatic rings. The summed E-state index contributed by atoms with van der Waals surface area (Å²) in [6, 6.07) is 9.64. The molecule has 2 nitrogen and oxygen atoms in total. The zero-order valence-corrected chi connectivity index (χ0v) is 13.5. The monoisotopic (exact) mass is 312 g/mol. The van der Waals surface area contributed by atoms with E-state index in [9.17, 15) is 0 Å². The van der Waals surface area contributed by atoms with Crippen LogP contribution in [-0.4, -0.2) is 31.6 Å². The maximum atomic E-state index is 3.54. The molecular weight excluding hydrogens is 288 g/mol.